The van der Waals surface area contributed by atoms with Gasteiger partial charge in [-0.15, -0.1) is 0 Å². The summed E-state index contributed by atoms with van der Waals surface area (Å²) in [4.78, 5) is 25.4. The van der Waals surface area contributed by atoms with E-state index in [1.54, 1.807) is 31.2 Å². The van der Waals surface area contributed by atoms with Crippen molar-refractivity contribution >= 4 is 45.1 Å². The number of H-pyrrole nitrogens is 1. The molecule has 0 spiro atoms. The third-order valence-corrected chi connectivity index (χ3v) is 6.04. The third-order valence-electron chi connectivity index (χ3n) is 5.80. The molecule has 5 rings (SSSR count). The molecule has 8 heteroatoms. The van der Waals surface area contributed by atoms with Crippen molar-refractivity contribution in [3.63, 3.8) is 0 Å². The first kappa shape index (κ1) is 23.1. The smallest absolute Gasteiger partial charge is 0.339 e. The fourth-order valence-electron chi connectivity index (χ4n) is 4.09. The number of para-hydroxylation sites is 3. The molecule has 2 aromatic heterocycles. The Morgan fingerprint density at radius 2 is 1.81 bits per heavy atom. The van der Waals surface area contributed by atoms with Crippen molar-refractivity contribution in [1.29, 1.82) is 5.26 Å². The molecule has 0 aliphatic carbocycles. The molecule has 0 aliphatic heterocycles. The van der Waals surface area contributed by atoms with Gasteiger partial charge in [-0.25, -0.2) is 14.8 Å². The maximum absolute atomic E-state index is 13.3. The molecule has 2 heterocycles. The molecular weight excluding hydrogens is 476 g/mol. The van der Waals surface area contributed by atoms with Crippen LogP contribution in [0.2, 0.25) is 5.02 Å². The topological polar surface area (TPSA) is 112 Å². The van der Waals surface area contributed by atoms with E-state index in [0.29, 0.717) is 38.3 Å². The number of rotatable bonds is 5. The van der Waals surface area contributed by atoms with E-state index >= 15 is 0 Å². The van der Waals surface area contributed by atoms with Crippen molar-refractivity contribution in [1.82, 2.24) is 15.0 Å². The van der Waals surface area contributed by atoms with Gasteiger partial charge < -0.3 is 14.8 Å². The average molecular weight is 495 g/mol. The molecule has 176 valence electrons. The number of imidazole rings is 1. The number of hydrogen-bond donors (Lipinski definition) is 2. The van der Waals surface area contributed by atoms with Gasteiger partial charge in [-0.2, -0.15) is 5.26 Å². The number of halogens is 1. The maximum Gasteiger partial charge on any atom is 0.339 e. The lowest BCUT2D eigenvalue weighted by atomic mass is 9.98. The second-order valence-electron chi connectivity index (χ2n) is 8.10. The van der Waals surface area contributed by atoms with Crippen LogP contribution in [0.25, 0.3) is 38.8 Å². The molecule has 0 radical (unpaired) electrons. The monoisotopic (exact) mass is 494 g/mol. The fourth-order valence-corrected chi connectivity index (χ4v) is 4.28. The number of allylic oxidation sites excluding steroid dienone is 1. The first-order chi connectivity index (χ1) is 17.5. The Labute approximate surface area is 211 Å². The molecule has 0 bridgehead atoms. The molecule has 3 aromatic carbocycles. The number of aliphatic hydroxyl groups is 1. The molecule has 5 aromatic rings. The number of aromatic amines is 1. The molecule has 7 nitrogen and oxygen atoms in total. The Morgan fingerprint density at radius 1 is 1.06 bits per heavy atom. The highest BCUT2D eigenvalue weighted by Crippen LogP contribution is 2.31. The Morgan fingerprint density at radius 3 is 2.56 bits per heavy atom. The van der Waals surface area contributed by atoms with Crippen molar-refractivity contribution in [2.24, 2.45) is 0 Å². The summed E-state index contributed by atoms with van der Waals surface area (Å²) in [5.41, 5.74) is 4.18. The summed E-state index contributed by atoms with van der Waals surface area (Å²) >= 11 is 6.19. The van der Waals surface area contributed by atoms with Crippen molar-refractivity contribution in [2.45, 2.75) is 6.92 Å². The van der Waals surface area contributed by atoms with Gasteiger partial charge in [0.05, 0.1) is 27.8 Å². The highest BCUT2D eigenvalue weighted by Gasteiger charge is 2.22. The fraction of sp³-hybridized carbons (Fsp3) is 0.0714. The molecule has 36 heavy (non-hydrogen) atoms. The van der Waals surface area contributed by atoms with Gasteiger partial charge >= 0.3 is 5.97 Å². The van der Waals surface area contributed by atoms with E-state index in [4.69, 9.17) is 21.3 Å². The second kappa shape index (κ2) is 9.53. The van der Waals surface area contributed by atoms with Crippen LogP contribution in [0, 0.1) is 18.3 Å². The number of pyridine rings is 1. The minimum Gasteiger partial charge on any atom is -0.507 e. The van der Waals surface area contributed by atoms with Gasteiger partial charge in [0, 0.05) is 16.0 Å². The lowest BCUT2D eigenvalue weighted by Crippen LogP contribution is -2.12. The number of nitriles is 1. The summed E-state index contributed by atoms with van der Waals surface area (Å²) in [5.74, 6) is -0.861. The van der Waals surface area contributed by atoms with Crippen molar-refractivity contribution in [3.8, 4) is 17.3 Å². The van der Waals surface area contributed by atoms with E-state index in [0.717, 1.165) is 11.1 Å². The van der Waals surface area contributed by atoms with Gasteiger partial charge in [-0.3, -0.25) is 0 Å². The summed E-state index contributed by atoms with van der Waals surface area (Å²) < 4.78 is 5.48. The summed E-state index contributed by atoms with van der Waals surface area (Å²) in [7, 11) is 0. The largest absolute Gasteiger partial charge is 0.507 e. The predicted molar refractivity (Wildman–Crippen MR) is 138 cm³/mol. The molecular formula is C28H19ClN4O3. The summed E-state index contributed by atoms with van der Waals surface area (Å²) in [6.45, 7) is 1.29. The number of carbonyl (C=O) groups is 1. The Hall–Kier alpha value is -4.67. The number of benzene rings is 3. The Balaban J connectivity index is 1.50. The first-order valence-electron chi connectivity index (χ1n) is 11.1. The van der Waals surface area contributed by atoms with Crippen LogP contribution in [0.3, 0.4) is 0 Å². The van der Waals surface area contributed by atoms with Crippen LogP contribution in [-0.4, -0.2) is 32.6 Å². The van der Waals surface area contributed by atoms with E-state index in [-0.39, 0.29) is 11.4 Å². The predicted octanol–water partition coefficient (Wildman–Crippen LogP) is 6.39. The van der Waals surface area contributed by atoms with Gasteiger partial charge in [-0.05, 0) is 42.8 Å². The normalized spacial score (nSPS) is 11.8. The van der Waals surface area contributed by atoms with Crippen LogP contribution in [0.1, 0.15) is 21.7 Å². The van der Waals surface area contributed by atoms with Crippen LogP contribution in [0.5, 0.6) is 0 Å². The highest BCUT2D eigenvalue weighted by atomic mass is 35.5. The van der Waals surface area contributed by atoms with Crippen LogP contribution < -0.4 is 0 Å². The number of nitrogens with one attached hydrogen (secondary N) is 1. The third kappa shape index (κ3) is 4.26. The molecule has 0 saturated carbocycles. The summed E-state index contributed by atoms with van der Waals surface area (Å²) in [6, 6.07) is 23.7. The van der Waals surface area contributed by atoms with Gasteiger partial charge in [0.2, 0.25) is 0 Å². The molecule has 0 amide bonds. The van der Waals surface area contributed by atoms with Crippen molar-refractivity contribution in [2.75, 3.05) is 6.61 Å². The van der Waals surface area contributed by atoms with Gasteiger partial charge in [0.15, 0.2) is 11.6 Å². The summed E-state index contributed by atoms with van der Waals surface area (Å²) in [5, 5.41) is 21.4. The lowest BCUT2D eigenvalue weighted by Gasteiger charge is -2.14. The quantitative estimate of drug-likeness (QED) is 0.166. The van der Waals surface area contributed by atoms with Crippen LogP contribution >= 0.6 is 11.6 Å². The van der Waals surface area contributed by atoms with E-state index in [9.17, 15) is 15.2 Å². The number of nitrogens with zero attached hydrogens (tertiary/aromatic N) is 3. The van der Waals surface area contributed by atoms with E-state index < -0.39 is 18.3 Å². The number of aliphatic hydroxyl groups excluding tert-OH is 1. The van der Waals surface area contributed by atoms with Crippen molar-refractivity contribution in [3.05, 3.63) is 101 Å². The van der Waals surface area contributed by atoms with Crippen LogP contribution in [0.4, 0.5) is 0 Å². The minimum absolute atomic E-state index is 0.102. The number of ether oxygens (including phenoxy) is 1. The molecule has 0 aliphatic rings. The number of carbonyl (C=O) groups excluding carboxylic acids is 1. The molecule has 0 saturated heterocycles. The molecule has 0 fully saturated rings. The standard InChI is InChI=1S/C28H19ClN4O3/c1-16-25(19-9-2-3-10-21(19)31-26(16)17-7-6-8-18(29)13-17)28(35)36-15-24(34)20(14-30)27-32-22-11-4-5-12-23(22)33-27/h2-13,34H,15H2,1H3,(H,32,33)/b24-20-. The van der Waals surface area contributed by atoms with Gasteiger partial charge in [0.25, 0.3) is 0 Å². The summed E-state index contributed by atoms with van der Waals surface area (Å²) in [6.07, 6.45) is 0. The van der Waals surface area contributed by atoms with Crippen LogP contribution in [0.15, 0.2) is 78.6 Å². The SMILES string of the molecule is Cc1c(-c2cccc(Cl)c2)nc2ccccc2c1C(=O)OC/C(O)=C(\C#N)c1nc2ccccc2[nH]1. The van der Waals surface area contributed by atoms with Gasteiger partial charge in [-0.1, -0.05) is 54.1 Å². The Kier molecular flexibility index (Phi) is 6.11. The number of fused-ring (bicyclic) bond motifs is 2. The van der Waals surface area contributed by atoms with Gasteiger partial charge in [0.1, 0.15) is 18.2 Å². The molecule has 0 atom stereocenters. The number of esters is 1. The van der Waals surface area contributed by atoms with E-state index in [1.807, 2.05) is 54.6 Å². The zero-order valence-electron chi connectivity index (χ0n) is 19.1. The molecule has 2 N–H and O–H groups in total. The molecule has 0 unspecified atom stereocenters. The average Bonchev–Trinajstić information content (AvgIpc) is 3.31. The number of aromatic nitrogens is 3. The Bertz CT molecular complexity index is 1680. The zero-order chi connectivity index (χ0) is 25.2. The van der Waals surface area contributed by atoms with Crippen LogP contribution in [-0.2, 0) is 4.74 Å². The second-order valence-corrected chi connectivity index (χ2v) is 8.54. The van der Waals surface area contributed by atoms with E-state index in [2.05, 4.69) is 9.97 Å². The first-order valence-corrected chi connectivity index (χ1v) is 11.4. The zero-order valence-corrected chi connectivity index (χ0v) is 19.9. The maximum atomic E-state index is 13.3. The minimum atomic E-state index is -0.650. The lowest BCUT2D eigenvalue weighted by molar-refractivity contribution is 0.0504. The number of hydrogen-bond acceptors (Lipinski definition) is 6. The van der Waals surface area contributed by atoms with E-state index in [1.165, 1.54) is 0 Å². The van der Waals surface area contributed by atoms with Crippen molar-refractivity contribution < 1.29 is 14.6 Å². The highest BCUT2D eigenvalue weighted by molar-refractivity contribution is 6.30.